The number of aliphatic hydroxyl groups excluding tert-OH is 1. The molecule has 0 aromatic rings. The van der Waals surface area contributed by atoms with Gasteiger partial charge in [0.05, 0.1) is 13.0 Å². The molecule has 0 fully saturated rings. The molecule has 8 nitrogen and oxygen atoms in total. The summed E-state index contributed by atoms with van der Waals surface area (Å²) in [5, 5.41) is 28.2. The summed E-state index contributed by atoms with van der Waals surface area (Å²) in [6, 6.07) is -2.45. The van der Waals surface area contributed by atoms with E-state index < -0.39 is 30.4 Å². The maximum Gasteiger partial charge on any atom is 0.326 e. The van der Waals surface area contributed by atoms with E-state index >= 15 is 0 Å². The van der Waals surface area contributed by atoms with Gasteiger partial charge in [-0.1, -0.05) is 0 Å². The predicted molar refractivity (Wildman–Crippen MR) is 61.1 cm³/mol. The van der Waals surface area contributed by atoms with E-state index in [-0.39, 0.29) is 19.2 Å². The molecule has 18 heavy (non-hydrogen) atoms. The van der Waals surface area contributed by atoms with Crippen molar-refractivity contribution in [1.29, 1.82) is 0 Å². The summed E-state index contributed by atoms with van der Waals surface area (Å²) < 4.78 is 0. The van der Waals surface area contributed by atoms with Crippen molar-refractivity contribution >= 4 is 18.0 Å². The molecular formula is C10H18N2O6. The van der Waals surface area contributed by atoms with E-state index in [2.05, 4.69) is 5.32 Å². The Bertz CT molecular complexity index is 317. The molecule has 0 spiro atoms. The van der Waals surface area contributed by atoms with Gasteiger partial charge in [0.25, 0.3) is 0 Å². The van der Waals surface area contributed by atoms with Gasteiger partial charge in [0, 0.05) is 12.6 Å². The lowest BCUT2D eigenvalue weighted by molar-refractivity contribution is -0.145. The lowest BCUT2D eigenvalue weighted by Crippen LogP contribution is -2.51. The number of hydrogen-bond donors (Lipinski definition) is 4. The summed E-state index contributed by atoms with van der Waals surface area (Å²) >= 11 is 0. The summed E-state index contributed by atoms with van der Waals surface area (Å²) in [4.78, 5) is 34.2. The zero-order valence-corrected chi connectivity index (χ0v) is 10.3. The Kier molecular flexibility index (Phi) is 6.73. The summed E-state index contributed by atoms with van der Waals surface area (Å²) in [5.74, 6) is -2.74. The van der Waals surface area contributed by atoms with Crippen molar-refractivity contribution < 1.29 is 29.7 Å². The highest BCUT2D eigenvalue weighted by atomic mass is 16.4. The molecule has 0 aromatic heterocycles. The Morgan fingerprint density at radius 1 is 1.22 bits per heavy atom. The van der Waals surface area contributed by atoms with Crippen LogP contribution in [-0.2, 0) is 9.59 Å². The second-order valence-corrected chi connectivity index (χ2v) is 3.95. The van der Waals surface area contributed by atoms with Gasteiger partial charge in [-0.3, -0.25) is 4.79 Å². The van der Waals surface area contributed by atoms with Crippen LogP contribution in [0.5, 0.6) is 0 Å². The van der Waals surface area contributed by atoms with Crippen LogP contribution in [0.25, 0.3) is 0 Å². The van der Waals surface area contributed by atoms with Crippen LogP contribution in [-0.4, -0.2) is 63.4 Å². The third-order valence-electron chi connectivity index (χ3n) is 2.20. The van der Waals surface area contributed by atoms with Crippen molar-refractivity contribution in [2.75, 3.05) is 13.2 Å². The van der Waals surface area contributed by atoms with Gasteiger partial charge in [0.1, 0.15) is 6.04 Å². The van der Waals surface area contributed by atoms with Gasteiger partial charge in [-0.05, 0) is 13.8 Å². The molecule has 0 aliphatic carbocycles. The van der Waals surface area contributed by atoms with Crippen molar-refractivity contribution in [3.63, 3.8) is 0 Å². The third kappa shape index (κ3) is 5.48. The quantitative estimate of drug-likeness (QED) is 0.481. The number of carboxylic acids is 2. The molecule has 4 N–H and O–H groups in total. The molecule has 0 unspecified atom stereocenters. The molecule has 0 aliphatic heterocycles. The van der Waals surface area contributed by atoms with Crippen LogP contribution in [0.3, 0.4) is 0 Å². The SMILES string of the molecule is CC(C)N(CCO)C(=O)N[C@H](CC(=O)O)C(=O)O. The van der Waals surface area contributed by atoms with Crippen LogP contribution in [0.15, 0.2) is 0 Å². The Morgan fingerprint density at radius 2 is 1.78 bits per heavy atom. The van der Waals surface area contributed by atoms with Gasteiger partial charge in [-0.2, -0.15) is 0 Å². The Labute approximate surface area is 104 Å². The van der Waals surface area contributed by atoms with Crippen LogP contribution >= 0.6 is 0 Å². The molecule has 8 heteroatoms. The molecule has 0 rings (SSSR count). The van der Waals surface area contributed by atoms with Crippen LogP contribution in [0.2, 0.25) is 0 Å². The number of amides is 2. The van der Waals surface area contributed by atoms with E-state index in [4.69, 9.17) is 15.3 Å². The zero-order chi connectivity index (χ0) is 14.3. The highest BCUT2D eigenvalue weighted by Crippen LogP contribution is 2.01. The molecule has 1 atom stereocenters. The van der Waals surface area contributed by atoms with E-state index in [0.29, 0.717) is 0 Å². The van der Waals surface area contributed by atoms with Crippen molar-refractivity contribution in [2.45, 2.75) is 32.4 Å². The van der Waals surface area contributed by atoms with Crippen LogP contribution < -0.4 is 5.32 Å². The normalized spacial score (nSPS) is 12.0. The van der Waals surface area contributed by atoms with Crippen molar-refractivity contribution in [3.8, 4) is 0 Å². The second-order valence-electron chi connectivity index (χ2n) is 3.95. The standard InChI is InChI=1S/C10H18N2O6/c1-6(2)12(3-4-13)10(18)11-7(9(16)17)5-8(14)15/h6-7,13H,3-5H2,1-2H3,(H,11,18)(H,14,15)(H,16,17)/t7-/m1/s1. The Balaban J connectivity index is 4.65. The summed E-state index contributed by atoms with van der Waals surface area (Å²) in [5.41, 5.74) is 0. The number of aliphatic hydroxyl groups is 1. The predicted octanol–water partition coefficient (Wildman–Crippen LogP) is -0.673. The van der Waals surface area contributed by atoms with Gasteiger partial charge < -0.3 is 25.5 Å². The van der Waals surface area contributed by atoms with E-state index in [1.54, 1.807) is 13.8 Å². The maximum atomic E-state index is 11.7. The van der Waals surface area contributed by atoms with Crippen LogP contribution in [0, 0.1) is 0 Å². The van der Waals surface area contributed by atoms with E-state index in [1.807, 2.05) is 0 Å². The summed E-state index contributed by atoms with van der Waals surface area (Å²) in [6.45, 7) is 3.18. The number of carboxylic acid groups (broad SMARTS) is 2. The molecule has 0 saturated carbocycles. The highest BCUT2D eigenvalue weighted by Gasteiger charge is 2.26. The number of carbonyl (C=O) groups is 3. The van der Waals surface area contributed by atoms with Gasteiger partial charge in [0.15, 0.2) is 0 Å². The highest BCUT2D eigenvalue weighted by molar-refractivity contribution is 5.86. The van der Waals surface area contributed by atoms with Gasteiger partial charge >= 0.3 is 18.0 Å². The third-order valence-corrected chi connectivity index (χ3v) is 2.20. The average molecular weight is 262 g/mol. The van der Waals surface area contributed by atoms with E-state index in [1.165, 1.54) is 4.90 Å². The average Bonchev–Trinajstić information content (AvgIpc) is 2.23. The number of hydrogen-bond acceptors (Lipinski definition) is 4. The number of carbonyl (C=O) groups excluding carboxylic acids is 1. The zero-order valence-electron chi connectivity index (χ0n) is 10.3. The molecule has 104 valence electrons. The lowest BCUT2D eigenvalue weighted by atomic mass is 10.2. The Hall–Kier alpha value is -1.83. The van der Waals surface area contributed by atoms with Crippen LogP contribution in [0.1, 0.15) is 20.3 Å². The number of aliphatic carboxylic acids is 2. The first-order valence-electron chi connectivity index (χ1n) is 5.42. The minimum Gasteiger partial charge on any atom is -0.481 e. The lowest BCUT2D eigenvalue weighted by Gasteiger charge is -2.27. The smallest absolute Gasteiger partial charge is 0.326 e. The van der Waals surface area contributed by atoms with Crippen LogP contribution in [0.4, 0.5) is 4.79 Å². The summed E-state index contributed by atoms with van der Waals surface area (Å²) in [7, 11) is 0. The fourth-order valence-electron chi connectivity index (χ4n) is 1.31. The fraction of sp³-hybridized carbons (Fsp3) is 0.700. The topological polar surface area (TPSA) is 127 Å². The van der Waals surface area contributed by atoms with Crippen molar-refractivity contribution in [1.82, 2.24) is 10.2 Å². The number of nitrogens with one attached hydrogen (secondary N) is 1. The molecule has 0 bridgehead atoms. The first-order valence-corrected chi connectivity index (χ1v) is 5.42. The fourth-order valence-corrected chi connectivity index (χ4v) is 1.31. The number of urea groups is 1. The number of rotatable bonds is 7. The monoisotopic (exact) mass is 262 g/mol. The molecule has 0 aromatic carbocycles. The van der Waals surface area contributed by atoms with Crippen molar-refractivity contribution in [2.24, 2.45) is 0 Å². The first-order chi connectivity index (χ1) is 8.29. The molecule has 0 heterocycles. The van der Waals surface area contributed by atoms with Gasteiger partial charge in [-0.25, -0.2) is 9.59 Å². The minimum atomic E-state index is -1.49. The van der Waals surface area contributed by atoms with E-state index in [9.17, 15) is 14.4 Å². The molecule has 0 radical (unpaired) electrons. The molecule has 2 amide bonds. The second kappa shape index (κ2) is 7.49. The first kappa shape index (κ1) is 16.2. The van der Waals surface area contributed by atoms with Gasteiger partial charge in [-0.15, -0.1) is 0 Å². The van der Waals surface area contributed by atoms with Crippen molar-refractivity contribution in [3.05, 3.63) is 0 Å². The molecule has 0 aliphatic rings. The largest absolute Gasteiger partial charge is 0.481 e. The minimum absolute atomic E-state index is 0.0446. The maximum absolute atomic E-state index is 11.7. The Morgan fingerprint density at radius 3 is 2.11 bits per heavy atom. The summed E-state index contributed by atoms with van der Waals surface area (Å²) in [6.07, 6.45) is -0.702. The number of nitrogens with zero attached hydrogens (tertiary/aromatic N) is 1. The molecule has 0 saturated heterocycles. The molecular weight excluding hydrogens is 244 g/mol. The van der Waals surface area contributed by atoms with Gasteiger partial charge in [0.2, 0.25) is 0 Å². The van der Waals surface area contributed by atoms with E-state index in [0.717, 1.165) is 0 Å².